The zero-order valence-corrected chi connectivity index (χ0v) is 13.3. The van der Waals surface area contributed by atoms with Gasteiger partial charge < -0.3 is 35.3 Å². The normalized spacial score (nSPS) is 32.5. The van der Waals surface area contributed by atoms with Crippen molar-refractivity contribution in [3.63, 3.8) is 0 Å². The fraction of sp³-hybridized carbons (Fsp3) is 1.00. The van der Waals surface area contributed by atoms with Crippen molar-refractivity contribution >= 4 is 0 Å². The molecule has 7 heteroatoms. The highest BCUT2D eigenvalue weighted by Gasteiger charge is 2.43. The van der Waals surface area contributed by atoms with E-state index in [1.807, 2.05) is 0 Å². The molecule has 2 rings (SSSR count). The van der Waals surface area contributed by atoms with Gasteiger partial charge in [-0.15, -0.1) is 0 Å². The number of nitrogens with zero attached hydrogens (tertiary/aromatic N) is 2. The van der Waals surface area contributed by atoms with Crippen LogP contribution in [-0.2, 0) is 0 Å². The van der Waals surface area contributed by atoms with Crippen LogP contribution in [0.3, 0.4) is 0 Å². The van der Waals surface area contributed by atoms with Crippen LogP contribution in [0.25, 0.3) is 0 Å². The molecule has 0 aromatic carbocycles. The first-order valence-corrected chi connectivity index (χ1v) is 8.18. The molecule has 1 unspecified atom stereocenters. The van der Waals surface area contributed by atoms with Gasteiger partial charge in [-0.3, -0.25) is 0 Å². The first kappa shape index (κ1) is 18.1. The lowest BCUT2D eigenvalue weighted by atomic mass is 9.86. The van der Waals surface area contributed by atoms with Gasteiger partial charge in [0, 0.05) is 19.6 Å². The van der Waals surface area contributed by atoms with Crippen molar-refractivity contribution in [3.8, 4) is 0 Å². The minimum absolute atomic E-state index is 0.268. The standard InChI is InChI=1S/C15H30N2O5/c1-2-16-5-3-15(9-16)4-6-17(10-15)7-11(19)13(21)14(22)12(20)8-18/h11-14,18-22H,2-10H2,1H3/t11-,12+,13+,14+,15?/m0/s1. The Labute approximate surface area is 131 Å². The van der Waals surface area contributed by atoms with Gasteiger partial charge in [-0.25, -0.2) is 0 Å². The molecule has 1 spiro atoms. The highest BCUT2D eigenvalue weighted by atomic mass is 16.4. The molecule has 0 bridgehead atoms. The molecule has 0 aromatic rings. The summed E-state index contributed by atoms with van der Waals surface area (Å²) in [7, 11) is 0. The maximum Gasteiger partial charge on any atom is 0.111 e. The van der Waals surface area contributed by atoms with E-state index >= 15 is 0 Å². The Morgan fingerprint density at radius 2 is 1.45 bits per heavy atom. The Balaban J connectivity index is 1.82. The van der Waals surface area contributed by atoms with E-state index in [-0.39, 0.29) is 6.54 Å². The van der Waals surface area contributed by atoms with Crippen LogP contribution in [0.15, 0.2) is 0 Å². The van der Waals surface area contributed by atoms with Crippen molar-refractivity contribution in [2.75, 3.05) is 45.9 Å². The maximum atomic E-state index is 10.1. The van der Waals surface area contributed by atoms with Gasteiger partial charge in [-0.2, -0.15) is 0 Å². The minimum atomic E-state index is -1.54. The van der Waals surface area contributed by atoms with E-state index in [2.05, 4.69) is 16.7 Å². The predicted molar refractivity (Wildman–Crippen MR) is 81.3 cm³/mol. The van der Waals surface area contributed by atoms with Crippen LogP contribution >= 0.6 is 0 Å². The summed E-state index contributed by atoms with van der Waals surface area (Å²) < 4.78 is 0. The van der Waals surface area contributed by atoms with Gasteiger partial charge in [0.05, 0.1) is 12.7 Å². The summed E-state index contributed by atoms with van der Waals surface area (Å²) in [5.41, 5.74) is 0.296. The largest absolute Gasteiger partial charge is 0.394 e. The molecule has 22 heavy (non-hydrogen) atoms. The van der Waals surface area contributed by atoms with Crippen LogP contribution in [0.5, 0.6) is 0 Å². The number of aliphatic hydroxyl groups excluding tert-OH is 5. The van der Waals surface area contributed by atoms with Crippen LogP contribution in [0.2, 0.25) is 0 Å². The monoisotopic (exact) mass is 318 g/mol. The number of rotatable bonds is 7. The van der Waals surface area contributed by atoms with Crippen LogP contribution in [0.1, 0.15) is 19.8 Å². The fourth-order valence-corrected chi connectivity index (χ4v) is 3.75. The molecule has 0 saturated carbocycles. The molecule has 7 nitrogen and oxygen atoms in total. The molecule has 2 heterocycles. The molecule has 0 aromatic heterocycles. The fourth-order valence-electron chi connectivity index (χ4n) is 3.75. The van der Waals surface area contributed by atoms with Gasteiger partial charge in [0.1, 0.15) is 18.3 Å². The van der Waals surface area contributed by atoms with Gasteiger partial charge in [0.2, 0.25) is 0 Å². The van der Waals surface area contributed by atoms with Crippen molar-refractivity contribution in [3.05, 3.63) is 0 Å². The zero-order chi connectivity index (χ0) is 16.3. The Bertz CT molecular complexity index is 359. The van der Waals surface area contributed by atoms with E-state index in [9.17, 15) is 20.4 Å². The number of aliphatic hydroxyl groups is 5. The van der Waals surface area contributed by atoms with Gasteiger partial charge in [0.15, 0.2) is 0 Å². The summed E-state index contributed by atoms with van der Waals surface area (Å²) >= 11 is 0. The SMILES string of the molecule is CCN1CCC2(CCN(C[C@H](O)[C@@H](O)[C@H](O)[C@H](O)CO)C2)C1. The average molecular weight is 318 g/mol. The molecule has 5 atom stereocenters. The summed E-state index contributed by atoms with van der Waals surface area (Å²) in [6.07, 6.45) is -3.33. The van der Waals surface area contributed by atoms with Crippen LogP contribution < -0.4 is 0 Å². The average Bonchev–Trinajstić information content (AvgIpc) is 3.11. The lowest BCUT2D eigenvalue weighted by Crippen LogP contribution is -2.49. The second kappa shape index (κ2) is 7.53. The molecule has 2 fully saturated rings. The summed E-state index contributed by atoms with van der Waals surface area (Å²) in [4.78, 5) is 4.56. The molecule has 2 saturated heterocycles. The van der Waals surface area contributed by atoms with E-state index in [1.54, 1.807) is 0 Å². The van der Waals surface area contributed by atoms with E-state index in [4.69, 9.17) is 5.11 Å². The van der Waals surface area contributed by atoms with Gasteiger partial charge in [-0.1, -0.05) is 6.92 Å². The van der Waals surface area contributed by atoms with Crippen molar-refractivity contribution < 1.29 is 25.5 Å². The van der Waals surface area contributed by atoms with Crippen molar-refractivity contribution in [1.29, 1.82) is 0 Å². The van der Waals surface area contributed by atoms with E-state index < -0.39 is 31.0 Å². The Kier molecular flexibility index (Phi) is 6.18. The van der Waals surface area contributed by atoms with Crippen LogP contribution in [0.4, 0.5) is 0 Å². The number of hydrogen-bond acceptors (Lipinski definition) is 7. The zero-order valence-electron chi connectivity index (χ0n) is 13.3. The number of likely N-dealkylation sites (tertiary alicyclic amines) is 2. The van der Waals surface area contributed by atoms with Crippen molar-refractivity contribution in [1.82, 2.24) is 9.80 Å². The summed E-state index contributed by atoms with van der Waals surface area (Å²) in [5, 5.41) is 47.7. The molecule has 130 valence electrons. The summed E-state index contributed by atoms with van der Waals surface area (Å²) in [6.45, 7) is 6.83. The molecular formula is C15H30N2O5. The quantitative estimate of drug-likeness (QED) is 0.364. The van der Waals surface area contributed by atoms with Crippen molar-refractivity contribution in [2.24, 2.45) is 5.41 Å². The molecule has 2 aliphatic heterocycles. The molecule has 2 aliphatic rings. The van der Waals surface area contributed by atoms with Crippen LogP contribution in [0, 0.1) is 5.41 Å². The highest BCUT2D eigenvalue weighted by molar-refractivity contribution is 4.97. The van der Waals surface area contributed by atoms with Gasteiger partial charge in [0.25, 0.3) is 0 Å². The molecule has 0 amide bonds. The molecule has 5 N–H and O–H groups in total. The topological polar surface area (TPSA) is 108 Å². The third-order valence-electron chi connectivity index (χ3n) is 5.25. The minimum Gasteiger partial charge on any atom is -0.394 e. The smallest absolute Gasteiger partial charge is 0.111 e. The second-order valence-corrected chi connectivity index (χ2v) is 6.90. The Morgan fingerprint density at radius 1 is 0.909 bits per heavy atom. The maximum absolute atomic E-state index is 10.1. The number of hydrogen-bond donors (Lipinski definition) is 5. The Hall–Kier alpha value is -0.280. The molecule has 0 aliphatic carbocycles. The van der Waals surface area contributed by atoms with E-state index in [1.165, 1.54) is 6.42 Å². The van der Waals surface area contributed by atoms with E-state index in [0.717, 1.165) is 39.1 Å². The predicted octanol–water partition coefficient (Wildman–Crippen LogP) is -2.16. The lowest BCUT2D eigenvalue weighted by Gasteiger charge is -2.29. The molecule has 0 radical (unpaired) electrons. The first-order valence-electron chi connectivity index (χ1n) is 8.18. The van der Waals surface area contributed by atoms with Crippen molar-refractivity contribution in [2.45, 2.75) is 44.2 Å². The third-order valence-corrected chi connectivity index (χ3v) is 5.25. The third kappa shape index (κ3) is 3.97. The van der Waals surface area contributed by atoms with Gasteiger partial charge in [-0.05, 0) is 37.9 Å². The second-order valence-electron chi connectivity index (χ2n) is 6.90. The summed E-state index contributed by atoms with van der Waals surface area (Å²) in [5.74, 6) is 0. The summed E-state index contributed by atoms with van der Waals surface area (Å²) in [6, 6.07) is 0. The first-order chi connectivity index (χ1) is 10.4. The lowest BCUT2D eigenvalue weighted by molar-refractivity contribution is -0.119. The number of β-amino-alcohol motifs (C(OH)–C–C–N with tert-alkyl or cyclic N) is 1. The molecular weight excluding hydrogens is 288 g/mol. The highest BCUT2D eigenvalue weighted by Crippen LogP contribution is 2.39. The van der Waals surface area contributed by atoms with Crippen LogP contribution in [-0.4, -0.2) is 106 Å². The van der Waals surface area contributed by atoms with Gasteiger partial charge >= 0.3 is 0 Å². The van der Waals surface area contributed by atoms with E-state index in [0.29, 0.717) is 5.41 Å². The Morgan fingerprint density at radius 3 is 2.00 bits per heavy atom.